The molecule has 0 spiro atoms. The van der Waals surface area contributed by atoms with Crippen LogP contribution in [0.25, 0.3) is 0 Å². The molecule has 0 saturated heterocycles. The summed E-state index contributed by atoms with van der Waals surface area (Å²) in [5.74, 6) is 1.68. The van der Waals surface area contributed by atoms with Crippen LogP contribution >= 0.6 is 0 Å². The van der Waals surface area contributed by atoms with Crippen molar-refractivity contribution in [1.29, 1.82) is 0 Å². The van der Waals surface area contributed by atoms with Gasteiger partial charge in [-0.25, -0.2) is 0 Å². The van der Waals surface area contributed by atoms with Gasteiger partial charge >= 0.3 is 0 Å². The van der Waals surface area contributed by atoms with Crippen LogP contribution in [0.2, 0.25) is 0 Å². The van der Waals surface area contributed by atoms with E-state index < -0.39 is 22.2 Å². The number of benzene rings is 1. The molecule has 1 N–H and O–H groups in total. The minimum Gasteiger partial charge on any atom is -0.870 e. The maximum absolute atomic E-state index is 14.9. The molecule has 5 nitrogen and oxygen atoms in total. The summed E-state index contributed by atoms with van der Waals surface area (Å²) in [6.45, 7) is 25.1. The summed E-state index contributed by atoms with van der Waals surface area (Å²) >= 11 is 0. The van der Waals surface area contributed by atoms with E-state index in [4.69, 9.17) is 6.42 Å². The summed E-state index contributed by atoms with van der Waals surface area (Å²) in [4.78, 5) is 46.3. The number of carbonyl (C=O) groups is 3. The molecule has 0 aromatic heterocycles. The van der Waals surface area contributed by atoms with Crippen molar-refractivity contribution in [3.8, 4) is 12.3 Å². The molecule has 0 heterocycles. The van der Waals surface area contributed by atoms with E-state index in [-0.39, 0.29) is 28.7 Å². The van der Waals surface area contributed by atoms with Crippen LogP contribution in [0.1, 0.15) is 127 Å². The number of terminal acetylenes is 1. The van der Waals surface area contributed by atoms with Crippen molar-refractivity contribution in [2.75, 3.05) is 13.6 Å². The molecule has 0 amide bonds. The van der Waals surface area contributed by atoms with Gasteiger partial charge in [0.15, 0.2) is 22.8 Å². The first-order valence-electron chi connectivity index (χ1n) is 19.4. The van der Waals surface area contributed by atoms with E-state index >= 15 is 0 Å². The molecule has 0 aliphatic heterocycles. The SMILES string of the molecule is C#CCN(C)[C@H](C)Cc1ccccc1.CC(C)=CCC[C@]1(C)C(CC=C(C)C)C[C@]2(CC=C(C)C)C=C(CC=C(C)C)C(=O)[C@@]1(C(=O)C(C)C)C2=O.[OH-]. The van der Waals surface area contributed by atoms with E-state index in [1.54, 1.807) is 0 Å². The molecule has 1 aromatic rings. The van der Waals surface area contributed by atoms with Gasteiger partial charge in [-0.15, -0.1) is 6.42 Å². The Morgan fingerprint density at radius 1 is 0.906 bits per heavy atom. The Labute approximate surface area is 323 Å². The molecule has 2 aliphatic carbocycles. The standard InChI is InChI=1S/C35H52O3.C13H17N.H2O/c1-23(2)13-12-19-33(11)29(17-15-25(5)6)22-34(20-18-26(7)8)21-28(16-14-24(3)4)31(37)35(33,32(34)38)30(36)27(9)10;1-4-10-14(3)12(2)11-13-8-6-5-7-9-13;/h13-15,18,21,27,29H,12,16-17,19-20,22H2,1-11H3;1,5-9,12H,10-11H2,2-3H3;1H2/p-1/t29?,33-,34+,35+;12-;/m11./s1. The fourth-order valence-corrected chi connectivity index (χ4v) is 8.03. The molecular formula is C48H70NO4-. The molecule has 1 fully saturated rings. The monoisotopic (exact) mass is 725 g/mol. The van der Waals surface area contributed by atoms with Crippen LogP contribution in [0, 0.1) is 40.4 Å². The number of hydrogen-bond acceptors (Lipinski definition) is 5. The third-order valence-corrected chi connectivity index (χ3v) is 11.2. The summed E-state index contributed by atoms with van der Waals surface area (Å²) in [6, 6.07) is 11.0. The number of hydrogen-bond donors (Lipinski definition) is 0. The highest BCUT2D eigenvalue weighted by molar-refractivity contribution is 6.33. The average Bonchev–Trinajstić information content (AvgIpc) is 3.06. The Bertz CT molecular complexity index is 1600. The highest BCUT2D eigenvalue weighted by Crippen LogP contribution is 2.66. The highest BCUT2D eigenvalue weighted by atomic mass is 16.2. The normalized spacial score (nSPS) is 23.7. The van der Waals surface area contributed by atoms with Gasteiger partial charge < -0.3 is 5.48 Å². The lowest BCUT2D eigenvalue weighted by Crippen LogP contribution is -2.70. The average molecular weight is 725 g/mol. The lowest BCUT2D eigenvalue weighted by molar-refractivity contribution is -0.177. The molecule has 1 saturated carbocycles. The zero-order valence-electron chi connectivity index (χ0n) is 35.4. The number of likely N-dealkylation sites (N-methyl/N-ethyl adjacent to an activating group) is 1. The zero-order chi connectivity index (χ0) is 39.4. The molecule has 3 rings (SSSR count). The predicted octanol–water partition coefficient (Wildman–Crippen LogP) is 11.1. The number of rotatable bonds is 15. The molecule has 0 radical (unpaired) electrons. The fraction of sp³-hybridized carbons (Fsp3) is 0.562. The maximum atomic E-state index is 14.9. The first-order chi connectivity index (χ1) is 24.3. The molecular weight excluding hydrogens is 655 g/mol. The van der Waals surface area contributed by atoms with Crippen LogP contribution in [-0.2, 0) is 20.8 Å². The summed E-state index contributed by atoms with van der Waals surface area (Å²) in [5.41, 5.74) is 3.39. The summed E-state index contributed by atoms with van der Waals surface area (Å²) in [6.07, 6.45) is 20.7. The van der Waals surface area contributed by atoms with Crippen LogP contribution in [0.5, 0.6) is 0 Å². The van der Waals surface area contributed by atoms with Crippen LogP contribution in [0.4, 0.5) is 0 Å². The van der Waals surface area contributed by atoms with Crippen molar-refractivity contribution in [2.45, 2.75) is 134 Å². The Morgan fingerprint density at radius 2 is 1.47 bits per heavy atom. The minimum atomic E-state index is -1.66. The maximum Gasteiger partial charge on any atom is 0.180 e. The Hall–Kier alpha value is -3.59. The third kappa shape index (κ3) is 11.5. The van der Waals surface area contributed by atoms with Crippen molar-refractivity contribution in [3.05, 3.63) is 94.1 Å². The van der Waals surface area contributed by atoms with Gasteiger partial charge in [-0.3, -0.25) is 19.3 Å². The Morgan fingerprint density at radius 3 is 1.98 bits per heavy atom. The number of nitrogens with zero attached hydrogens (tertiary/aromatic N) is 1. The zero-order valence-corrected chi connectivity index (χ0v) is 35.4. The Kier molecular flexibility index (Phi) is 18.6. The quantitative estimate of drug-likeness (QED) is 0.102. The Balaban J connectivity index is 0.000000784. The van der Waals surface area contributed by atoms with Gasteiger partial charge in [0, 0.05) is 12.0 Å². The van der Waals surface area contributed by atoms with Gasteiger partial charge in [-0.1, -0.05) is 110 Å². The van der Waals surface area contributed by atoms with Crippen LogP contribution in [0.3, 0.4) is 0 Å². The van der Waals surface area contributed by atoms with Gasteiger partial charge in [0.2, 0.25) is 0 Å². The summed E-state index contributed by atoms with van der Waals surface area (Å²) in [5, 5.41) is 0. The molecule has 5 atom stereocenters. The van der Waals surface area contributed by atoms with Gasteiger partial charge in [-0.2, -0.15) is 0 Å². The number of Topliss-reactive ketones (excluding diaryl/α,β-unsaturated/α-hetero) is 3. The fourth-order valence-electron chi connectivity index (χ4n) is 8.03. The van der Waals surface area contributed by atoms with Crippen LogP contribution in [-0.4, -0.2) is 47.4 Å². The molecule has 2 aliphatic rings. The predicted molar refractivity (Wildman–Crippen MR) is 223 cm³/mol. The second-order valence-corrected chi connectivity index (χ2v) is 17.0. The van der Waals surface area contributed by atoms with E-state index in [0.29, 0.717) is 43.8 Å². The molecule has 1 aromatic carbocycles. The summed E-state index contributed by atoms with van der Waals surface area (Å²) < 4.78 is 0. The molecule has 292 valence electrons. The number of fused-ring (bicyclic) bond motifs is 2. The lowest BCUT2D eigenvalue weighted by atomic mass is 9.38. The van der Waals surface area contributed by atoms with Crippen molar-refractivity contribution < 1.29 is 19.9 Å². The van der Waals surface area contributed by atoms with Crippen molar-refractivity contribution in [1.82, 2.24) is 4.90 Å². The van der Waals surface area contributed by atoms with Crippen molar-refractivity contribution in [2.24, 2.45) is 28.1 Å². The highest BCUT2D eigenvalue weighted by Gasteiger charge is 2.73. The van der Waals surface area contributed by atoms with Crippen LogP contribution in [0.15, 0.2) is 88.6 Å². The first-order valence-corrected chi connectivity index (χ1v) is 19.4. The number of carbonyl (C=O) groups excluding carboxylic acids is 3. The van der Waals surface area contributed by atoms with E-state index in [1.165, 1.54) is 16.7 Å². The third-order valence-electron chi connectivity index (χ3n) is 11.2. The summed E-state index contributed by atoms with van der Waals surface area (Å²) in [7, 11) is 2.06. The molecule has 53 heavy (non-hydrogen) atoms. The van der Waals surface area contributed by atoms with E-state index in [2.05, 4.69) is 108 Å². The number of allylic oxidation sites excluding steroid dienone is 10. The van der Waals surface area contributed by atoms with Gasteiger partial charge in [0.1, 0.15) is 0 Å². The van der Waals surface area contributed by atoms with Crippen molar-refractivity contribution in [3.63, 3.8) is 0 Å². The van der Waals surface area contributed by atoms with Gasteiger partial charge in [-0.05, 0) is 137 Å². The van der Waals surface area contributed by atoms with E-state index in [0.717, 1.165) is 30.4 Å². The molecule has 5 heteroatoms. The lowest BCUT2D eigenvalue weighted by Gasteiger charge is -2.60. The second kappa shape index (κ2) is 20.8. The smallest absolute Gasteiger partial charge is 0.180 e. The topological polar surface area (TPSA) is 84.5 Å². The van der Waals surface area contributed by atoms with Gasteiger partial charge in [0.05, 0.1) is 12.0 Å². The van der Waals surface area contributed by atoms with Crippen molar-refractivity contribution >= 4 is 17.3 Å². The second-order valence-electron chi connectivity index (χ2n) is 17.0. The molecule has 2 bridgehead atoms. The van der Waals surface area contributed by atoms with Crippen LogP contribution < -0.4 is 0 Å². The first kappa shape index (κ1) is 47.4. The number of ketones is 3. The minimum absolute atomic E-state index is 0. The van der Waals surface area contributed by atoms with E-state index in [9.17, 15) is 14.4 Å². The largest absolute Gasteiger partial charge is 0.870 e. The molecule has 1 unspecified atom stereocenters. The van der Waals surface area contributed by atoms with E-state index in [1.807, 2.05) is 53.7 Å². The van der Waals surface area contributed by atoms with Gasteiger partial charge in [0.25, 0.3) is 0 Å².